The van der Waals surface area contributed by atoms with Crippen LogP contribution in [0.1, 0.15) is 64.0 Å². The molecule has 1 saturated heterocycles. The molecule has 0 amide bonds. The number of nitrogens with one attached hydrogen (secondary N) is 1. The summed E-state index contributed by atoms with van der Waals surface area (Å²) in [5.41, 5.74) is 7.67. The molecule has 1 aromatic carbocycles. The summed E-state index contributed by atoms with van der Waals surface area (Å²) in [6, 6.07) is 8.65. The lowest BCUT2D eigenvalue weighted by molar-refractivity contribution is 0.0964. The van der Waals surface area contributed by atoms with Gasteiger partial charge in [-0.1, -0.05) is 30.3 Å². The van der Waals surface area contributed by atoms with Crippen LogP contribution in [0.15, 0.2) is 41.3 Å². The average molecular weight is 606 g/mol. The number of sulfone groups is 1. The molecule has 2 aliphatic rings. The number of piperidine rings is 1. The van der Waals surface area contributed by atoms with Crippen LogP contribution >= 0.6 is 0 Å². The number of hydrogen-bond donors (Lipinski definition) is 1. The zero-order valence-electron chi connectivity index (χ0n) is 26.1. The Balaban J connectivity index is 1.43. The van der Waals surface area contributed by atoms with Crippen LogP contribution in [0.3, 0.4) is 0 Å². The third kappa shape index (κ3) is 5.49. The lowest BCUT2D eigenvalue weighted by atomic mass is 9.89. The van der Waals surface area contributed by atoms with Gasteiger partial charge < -0.3 is 9.72 Å². The second-order valence-corrected chi connectivity index (χ2v) is 15.6. The van der Waals surface area contributed by atoms with Gasteiger partial charge in [-0.3, -0.25) is 14.0 Å². The monoisotopic (exact) mass is 605 g/mol. The van der Waals surface area contributed by atoms with Crippen molar-refractivity contribution in [3.05, 3.63) is 58.1 Å². The van der Waals surface area contributed by atoms with Crippen molar-refractivity contribution < 1.29 is 13.2 Å². The second kappa shape index (κ2) is 11.1. The van der Waals surface area contributed by atoms with Crippen molar-refractivity contribution in [1.82, 2.24) is 24.0 Å². The highest BCUT2D eigenvalue weighted by Crippen LogP contribution is 2.42. The number of ether oxygens (including phenoxy) is 1. The molecular weight excluding hydrogens is 562 g/mol. The van der Waals surface area contributed by atoms with E-state index < -0.39 is 15.4 Å². The van der Waals surface area contributed by atoms with Crippen molar-refractivity contribution in [2.45, 2.75) is 76.3 Å². The van der Waals surface area contributed by atoms with Crippen molar-refractivity contribution in [3.8, 4) is 11.3 Å². The zero-order valence-corrected chi connectivity index (χ0v) is 26.9. The SMILES string of the molecule is COC1CC=C(c2c(-c3ccc(CN4CCC(S(C)(=O)=O)CC4)cc3)[nH]c3ncc4c(c23)n(C(C)(C)C)c(=O)n4C)CC1. The van der Waals surface area contributed by atoms with Gasteiger partial charge in [0.1, 0.15) is 15.5 Å². The molecule has 3 aromatic heterocycles. The standard InChI is InChI=1S/C33H43N5O4S/c1-33(2,3)38-30-26(36(4)32(38)39)19-34-31-28(30)27(22-11-13-24(42-5)14-12-22)29(35-31)23-9-7-21(8-10-23)20-37-17-15-25(16-18-37)43(6,40)41/h7-11,19,24-25H,12-18,20H2,1-6H3,(H,34,35). The second-order valence-electron chi connectivity index (χ2n) is 13.3. The van der Waals surface area contributed by atoms with Gasteiger partial charge in [0.15, 0.2) is 0 Å². The van der Waals surface area contributed by atoms with Crippen LogP contribution in [0.2, 0.25) is 0 Å². The largest absolute Gasteiger partial charge is 0.381 e. The summed E-state index contributed by atoms with van der Waals surface area (Å²) >= 11 is 0. The lowest BCUT2D eigenvalue weighted by Gasteiger charge is -2.31. The molecule has 43 heavy (non-hydrogen) atoms. The molecule has 230 valence electrons. The van der Waals surface area contributed by atoms with Gasteiger partial charge in [0.2, 0.25) is 0 Å². The Labute approximate surface area is 253 Å². The molecule has 1 N–H and O–H groups in total. The number of rotatable bonds is 6. The van der Waals surface area contributed by atoms with Crippen LogP contribution in [-0.4, -0.2) is 70.2 Å². The normalized spacial score (nSPS) is 19.4. The highest BCUT2D eigenvalue weighted by Gasteiger charge is 2.29. The van der Waals surface area contributed by atoms with Crippen molar-refractivity contribution in [2.24, 2.45) is 7.05 Å². The first kappa shape index (κ1) is 29.8. The molecule has 0 bridgehead atoms. The number of hydrogen-bond acceptors (Lipinski definition) is 6. The first-order chi connectivity index (χ1) is 20.4. The number of fused-ring (bicyclic) bond motifs is 3. The fraction of sp³-hybridized carbons (Fsp3) is 0.515. The first-order valence-corrected chi connectivity index (χ1v) is 17.2. The maximum Gasteiger partial charge on any atom is 0.329 e. The minimum Gasteiger partial charge on any atom is -0.381 e. The van der Waals surface area contributed by atoms with Crippen LogP contribution < -0.4 is 5.69 Å². The van der Waals surface area contributed by atoms with E-state index in [2.05, 4.69) is 61.0 Å². The molecule has 0 radical (unpaired) electrons. The van der Waals surface area contributed by atoms with Gasteiger partial charge in [-0.15, -0.1) is 0 Å². The number of aryl methyl sites for hydroxylation is 1. The van der Waals surface area contributed by atoms with E-state index in [1.54, 1.807) is 17.9 Å². The van der Waals surface area contributed by atoms with Crippen LogP contribution in [0.5, 0.6) is 0 Å². The Hall–Kier alpha value is -3.21. The number of imidazole rings is 1. The number of likely N-dealkylation sites (tertiary alicyclic amines) is 1. The molecule has 1 aliphatic heterocycles. The fourth-order valence-electron chi connectivity index (χ4n) is 6.89. The van der Waals surface area contributed by atoms with Crippen molar-refractivity contribution >= 4 is 37.5 Å². The molecular formula is C33H43N5O4S. The van der Waals surface area contributed by atoms with E-state index >= 15 is 0 Å². The number of aromatic nitrogens is 4. The Morgan fingerprint density at radius 1 is 1.09 bits per heavy atom. The minimum absolute atomic E-state index is 0.0486. The van der Waals surface area contributed by atoms with Gasteiger partial charge in [0, 0.05) is 38.1 Å². The van der Waals surface area contributed by atoms with Crippen LogP contribution in [-0.2, 0) is 33.7 Å². The molecule has 4 aromatic rings. The Morgan fingerprint density at radius 3 is 2.37 bits per heavy atom. The van der Waals surface area contributed by atoms with Crippen LogP contribution in [0.25, 0.3) is 38.9 Å². The third-order valence-electron chi connectivity index (χ3n) is 9.32. The molecule has 4 heterocycles. The van der Waals surface area contributed by atoms with E-state index in [0.717, 1.165) is 77.8 Å². The van der Waals surface area contributed by atoms with Gasteiger partial charge >= 0.3 is 5.69 Å². The number of benzene rings is 1. The molecule has 1 unspecified atom stereocenters. The highest BCUT2D eigenvalue weighted by atomic mass is 32.2. The highest BCUT2D eigenvalue weighted by molar-refractivity contribution is 7.91. The fourth-order valence-corrected chi connectivity index (χ4v) is 7.96. The van der Waals surface area contributed by atoms with Crippen molar-refractivity contribution in [2.75, 3.05) is 26.5 Å². The van der Waals surface area contributed by atoms with E-state index in [1.807, 2.05) is 11.6 Å². The van der Waals surface area contributed by atoms with Gasteiger partial charge in [-0.05, 0) is 82.7 Å². The van der Waals surface area contributed by atoms with Gasteiger partial charge in [0.25, 0.3) is 0 Å². The molecule has 1 atom stereocenters. The predicted molar refractivity (Wildman–Crippen MR) is 173 cm³/mol. The number of aromatic amines is 1. The van der Waals surface area contributed by atoms with Gasteiger partial charge in [0.05, 0.1) is 39.7 Å². The summed E-state index contributed by atoms with van der Waals surface area (Å²) in [5, 5.41) is 0.763. The van der Waals surface area contributed by atoms with E-state index in [1.165, 1.54) is 17.4 Å². The van der Waals surface area contributed by atoms with E-state index in [-0.39, 0.29) is 17.0 Å². The molecule has 1 fully saturated rings. The van der Waals surface area contributed by atoms with Crippen LogP contribution in [0, 0.1) is 0 Å². The summed E-state index contributed by atoms with van der Waals surface area (Å²) in [7, 11) is 0.611. The quantitative estimate of drug-likeness (QED) is 0.323. The van der Waals surface area contributed by atoms with Crippen molar-refractivity contribution in [1.29, 1.82) is 0 Å². The number of H-pyrrole nitrogens is 1. The van der Waals surface area contributed by atoms with Crippen molar-refractivity contribution in [3.63, 3.8) is 0 Å². The molecule has 1 aliphatic carbocycles. The summed E-state index contributed by atoms with van der Waals surface area (Å²) < 4.78 is 33.2. The summed E-state index contributed by atoms with van der Waals surface area (Å²) in [4.78, 5) is 24.3. The summed E-state index contributed by atoms with van der Waals surface area (Å²) in [6.45, 7) is 8.58. The predicted octanol–water partition coefficient (Wildman–Crippen LogP) is 5.23. The zero-order chi connectivity index (χ0) is 30.7. The number of pyridine rings is 1. The Morgan fingerprint density at radius 2 is 1.79 bits per heavy atom. The number of methoxy groups -OCH3 is 1. The van der Waals surface area contributed by atoms with Gasteiger partial charge in [-0.25, -0.2) is 18.2 Å². The summed E-state index contributed by atoms with van der Waals surface area (Å²) in [6.07, 6.45) is 9.70. The lowest BCUT2D eigenvalue weighted by Crippen LogP contribution is -2.38. The molecule has 0 saturated carbocycles. The van der Waals surface area contributed by atoms with E-state index in [0.29, 0.717) is 12.8 Å². The topological polar surface area (TPSA) is 102 Å². The smallest absolute Gasteiger partial charge is 0.329 e. The summed E-state index contributed by atoms with van der Waals surface area (Å²) in [5.74, 6) is 0. The Bertz CT molecular complexity index is 1860. The number of allylic oxidation sites excluding steroid dienone is 1. The number of nitrogens with zero attached hydrogens (tertiary/aromatic N) is 4. The first-order valence-electron chi connectivity index (χ1n) is 15.2. The van der Waals surface area contributed by atoms with E-state index in [9.17, 15) is 13.2 Å². The minimum atomic E-state index is -2.98. The van der Waals surface area contributed by atoms with Gasteiger partial charge in [-0.2, -0.15) is 0 Å². The Kier molecular flexibility index (Phi) is 7.67. The van der Waals surface area contributed by atoms with Crippen LogP contribution in [0.4, 0.5) is 0 Å². The third-order valence-corrected chi connectivity index (χ3v) is 11.0. The molecule has 6 rings (SSSR count). The molecule has 9 nitrogen and oxygen atoms in total. The van der Waals surface area contributed by atoms with E-state index in [4.69, 9.17) is 9.72 Å². The maximum atomic E-state index is 13.5. The maximum absolute atomic E-state index is 13.5. The average Bonchev–Trinajstić information content (AvgIpc) is 3.48. The molecule has 10 heteroatoms. The molecule has 0 spiro atoms.